The van der Waals surface area contributed by atoms with E-state index in [1.165, 1.54) is 5.56 Å². The first-order chi connectivity index (χ1) is 12.2. The maximum absolute atomic E-state index is 11.9. The summed E-state index contributed by atoms with van der Waals surface area (Å²) in [5.74, 6) is 1.61. The maximum atomic E-state index is 11.9. The number of carbonyl (C=O) groups excluding carboxylic acids is 1. The van der Waals surface area contributed by atoms with Gasteiger partial charge < -0.3 is 20.7 Å². The summed E-state index contributed by atoms with van der Waals surface area (Å²) < 4.78 is 5.14. The average Bonchev–Trinajstić information content (AvgIpc) is 2.83. The second-order valence-electron chi connectivity index (χ2n) is 6.34. The minimum absolute atomic E-state index is 0.284. The van der Waals surface area contributed by atoms with Crippen LogP contribution in [-0.4, -0.2) is 50.1 Å². The summed E-state index contributed by atoms with van der Waals surface area (Å²) in [5, 5.41) is 3.13. The summed E-state index contributed by atoms with van der Waals surface area (Å²) in [7, 11) is 1.66. The molecule has 1 fully saturated rings. The van der Waals surface area contributed by atoms with Crippen molar-refractivity contribution in [3.63, 3.8) is 0 Å². The van der Waals surface area contributed by atoms with Gasteiger partial charge in [0.25, 0.3) is 0 Å². The largest absolute Gasteiger partial charge is 0.497 e. The van der Waals surface area contributed by atoms with Crippen molar-refractivity contribution in [3.8, 4) is 5.75 Å². The van der Waals surface area contributed by atoms with Gasteiger partial charge in [0.05, 0.1) is 7.11 Å². The zero-order chi connectivity index (χ0) is 17.9. The van der Waals surface area contributed by atoms with E-state index in [1.807, 2.05) is 29.2 Å². The number of benzene rings is 1. The van der Waals surface area contributed by atoms with Crippen LogP contribution in [0.2, 0.25) is 0 Å². The van der Waals surface area contributed by atoms with Crippen LogP contribution in [-0.2, 0) is 11.2 Å². The Bertz CT molecular complexity index is 557. The number of rotatable bonds is 8. The maximum Gasteiger partial charge on any atom is 0.222 e. The molecule has 1 aromatic rings. The summed E-state index contributed by atoms with van der Waals surface area (Å²) in [6.45, 7) is 3.05. The molecule has 3 N–H and O–H groups in total. The number of guanidine groups is 1. The van der Waals surface area contributed by atoms with Crippen molar-refractivity contribution >= 4 is 11.9 Å². The van der Waals surface area contributed by atoms with Crippen LogP contribution in [0.5, 0.6) is 5.75 Å². The minimum Gasteiger partial charge on any atom is -0.497 e. The smallest absolute Gasteiger partial charge is 0.222 e. The van der Waals surface area contributed by atoms with E-state index < -0.39 is 0 Å². The van der Waals surface area contributed by atoms with Gasteiger partial charge in [-0.2, -0.15) is 0 Å². The monoisotopic (exact) mass is 346 g/mol. The first-order valence-electron chi connectivity index (χ1n) is 9.13. The van der Waals surface area contributed by atoms with Crippen LogP contribution >= 0.6 is 0 Å². The number of amides is 1. The Kier molecular flexibility index (Phi) is 8.09. The van der Waals surface area contributed by atoms with E-state index in [1.54, 1.807) is 7.11 Å². The highest BCUT2D eigenvalue weighted by Gasteiger charge is 2.15. The highest BCUT2D eigenvalue weighted by Crippen LogP contribution is 2.12. The zero-order valence-corrected chi connectivity index (χ0v) is 15.2. The summed E-state index contributed by atoms with van der Waals surface area (Å²) in [4.78, 5) is 18.2. The van der Waals surface area contributed by atoms with Gasteiger partial charge in [-0.05, 0) is 43.4 Å². The SMILES string of the molecule is COc1ccc(CCNC(N)=NCCCN2CCCCCC2=O)cc1. The molecule has 1 aliphatic rings. The molecule has 0 atom stereocenters. The van der Waals surface area contributed by atoms with Crippen LogP contribution in [0.4, 0.5) is 0 Å². The van der Waals surface area contributed by atoms with Gasteiger partial charge in [-0.25, -0.2) is 0 Å². The molecule has 1 saturated heterocycles. The van der Waals surface area contributed by atoms with Crippen molar-refractivity contribution in [2.24, 2.45) is 10.7 Å². The Balaban J connectivity index is 1.61. The molecule has 0 aliphatic carbocycles. The number of hydrogen-bond donors (Lipinski definition) is 2. The molecule has 0 spiro atoms. The van der Waals surface area contributed by atoms with E-state index in [-0.39, 0.29) is 5.91 Å². The molecule has 2 rings (SSSR count). The molecule has 0 unspecified atom stereocenters. The van der Waals surface area contributed by atoms with Crippen LogP contribution < -0.4 is 15.8 Å². The van der Waals surface area contributed by atoms with Crippen molar-refractivity contribution < 1.29 is 9.53 Å². The first-order valence-corrected chi connectivity index (χ1v) is 9.13. The Morgan fingerprint density at radius 2 is 2.08 bits per heavy atom. The van der Waals surface area contributed by atoms with Gasteiger partial charge in [-0.15, -0.1) is 0 Å². The Hall–Kier alpha value is -2.24. The fourth-order valence-electron chi connectivity index (χ4n) is 2.92. The molecule has 0 saturated carbocycles. The average molecular weight is 346 g/mol. The Labute approximate surface area is 150 Å². The molecule has 138 valence electrons. The normalized spacial score (nSPS) is 15.8. The number of nitrogens with one attached hydrogen (secondary N) is 1. The number of nitrogens with zero attached hydrogens (tertiary/aromatic N) is 2. The molecular weight excluding hydrogens is 316 g/mol. The predicted octanol–water partition coefficient (Wildman–Crippen LogP) is 1.93. The van der Waals surface area contributed by atoms with Gasteiger partial charge in [-0.3, -0.25) is 9.79 Å². The number of methoxy groups -OCH3 is 1. The lowest BCUT2D eigenvalue weighted by molar-refractivity contribution is -0.130. The molecule has 25 heavy (non-hydrogen) atoms. The quantitative estimate of drug-likeness (QED) is 0.428. The number of ether oxygens (including phenoxy) is 1. The second kappa shape index (κ2) is 10.6. The van der Waals surface area contributed by atoms with Crippen molar-refractivity contribution in [3.05, 3.63) is 29.8 Å². The summed E-state index contributed by atoms with van der Waals surface area (Å²) in [6.07, 6.45) is 5.72. The van der Waals surface area contributed by atoms with Gasteiger partial charge >= 0.3 is 0 Å². The highest BCUT2D eigenvalue weighted by molar-refractivity contribution is 5.78. The number of nitrogens with two attached hydrogens (primary N) is 1. The van der Waals surface area contributed by atoms with E-state index in [0.29, 0.717) is 18.9 Å². The highest BCUT2D eigenvalue weighted by atomic mass is 16.5. The zero-order valence-electron chi connectivity index (χ0n) is 15.2. The molecule has 0 bridgehead atoms. The van der Waals surface area contributed by atoms with Gasteiger partial charge in [-0.1, -0.05) is 18.6 Å². The van der Waals surface area contributed by atoms with Crippen molar-refractivity contribution in [1.82, 2.24) is 10.2 Å². The third kappa shape index (κ3) is 7.03. The van der Waals surface area contributed by atoms with E-state index in [4.69, 9.17) is 10.5 Å². The molecule has 0 radical (unpaired) electrons. The van der Waals surface area contributed by atoms with E-state index in [9.17, 15) is 4.79 Å². The number of likely N-dealkylation sites (tertiary alicyclic amines) is 1. The van der Waals surface area contributed by atoms with E-state index in [0.717, 1.165) is 57.5 Å². The van der Waals surface area contributed by atoms with Crippen molar-refractivity contribution in [2.45, 2.75) is 38.5 Å². The lowest BCUT2D eigenvalue weighted by Gasteiger charge is -2.19. The fourth-order valence-corrected chi connectivity index (χ4v) is 2.92. The molecule has 1 heterocycles. The van der Waals surface area contributed by atoms with Crippen LogP contribution in [0, 0.1) is 0 Å². The number of hydrogen-bond acceptors (Lipinski definition) is 3. The molecule has 6 nitrogen and oxygen atoms in total. The summed E-state index contributed by atoms with van der Waals surface area (Å²) in [5.41, 5.74) is 7.12. The summed E-state index contributed by atoms with van der Waals surface area (Å²) >= 11 is 0. The summed E-state index contributed by atoms with van der Waals surface area (Å²) in [6, 6.07) is 8.01. The third-order valence-corrected chi connectivity index (χ3v) is 4.42. The molecule has 1 amide bonds. The van der Waals surface area contributed by atoms with Gasteiger partial charge in [0, 0.05) is 32.6 Å². The second-order valence-corrected chi connectivity index (χ2v) is 6.34. The van der Waals surface area contributed by atoms with Crippen molar-refractivity contribution in [1.29, 1.82) is 0 Å². The fraction of sp³-hybridized carbons (Fsp3) is 0.579. The van der Waals surface area contributed by atoms with Gasteiger partial charge in [0.2, 0.25) is 5.91 Å². The molecule has 0 aromatic heterocycles. The van der Waals surface area contributed by atoms with Gasteiger partial charge in [0.1, 0.15) is 5.75 Å². The third-order valence-electron chi connectivity index (χ3n) is 4.42. The number of aliphatic imine (C=N–C) groups is 1. The molecule has 6 heteroatoms. The molecule has 1 aliphatic heterocycles. The lowest BCUT2D eigenvalue weighted by Crippen LogP contribution is -2.34. The predicted molar refractivity (Wildman–Crippen MR) is 101 cm³/mol. The lowest BCUT2D eigenvalue weighted by atomic mass is 10.1. The van der Waals surface area contributed by atoms with E-state index >= 15 is 0 Å². The Morgan fingerprint density at radius 1 is 1.28 bits per heavy atom. The van der Waals surface area contributed by atoms with E-state index in [2.05, 4.69) is 10.3 Å². The number of carbonyl (C=O) groups is 1. The standard InChI is InChI=1S/C19H30N4O2/c1-25-17-9-7-16(8-10-17)11-13-22-19(20)21-12-5-15-23-14-4-2-3-6-18(23)24/h7-10H,2-6,11-15H2,1H3,(H3,20,21,22). The van der Waals surface area contributed by atoms with Crippen LogP contribution in [0.25, 0.3) is 0 Å². The topological polar surface area (TPSA) is 80.0 Å². The Morgan fingerprint density at radius 3 is 2.84 bits per heavy atom. The van der Waals surface area contributed by atoms with Crippen LogP contribution in [0.3, 0.4) is 0 Å². The first kappa shape index (κ1) is 19.1. The molecule has 1 aromatic carbocycles. The van der Waals surface area contributed by atoms with Crippen LogP contribution in [0.1, 0.15) is 37.7 Å². The van der Waals surface area contributed by atoms with Gasteiger partial charge in [0.15, 0.2) is 5.96 Å². The minimum atomic E-state index is 0.284. The molecular formula is C19H30N4O2. The van der Waals surface area contributed by atoms with Crippen molar-refractivity contribution in [2.75, 3.05) is 33.3 Å². The van der Waals surface area contributed by atoms with Crippen LogP contribution in [0.15, 0.2) is 29.3 Å².